The van der Waals surface area contributed by atoms with E-state index in [-0.39, 0.29) is 0 Å². The van der Waals surface area contributed by atoms with Gasteiger partial charge in [-0.25, -0.2) is 4.98 Å². The van der Waals surface area contributed by atoms with Crippen molar-refractivity contribution in [1.29, 1.82) is 0 Å². The molecular formula is C14H17FN2. The molecule has 17 heavy (non-hydrogen) atoms. The van der Waals surface area contributed by atoms with Crippen LogP contribution in [0.3, 0.4) is 0 Å². The summed E-state index contributed by atoms with van der Waals surface area (Å²) in [6.07, 6.45) is 8.93. The average Bonchev–Trinajstić information content (AvgIpc) is 2.39. The largest absolute Gasteiger partial charge is 0.310 e. The van der Waals surface area contributed by atoms with E-state index in [0.29, 0.717) is 6.04 Å². The summed E-state index contributed by atoms with van der Waals surface area (Å²) in [5.41, 5.74) is 2.38. The number of hydrogen-bond donors (Lipinski definition) is 1. The first-order valence-electron chi connectivity index (χ1n) is 6.39. The van der Waals surface area contributed by atoms with Crippen molar-refractivity contribution in [2.24, 2.45) is 5.92 Å². The minimum absolute atomic E-state index is 0.404. The van der Waals surface area contributed by atoms with Gasteiger partial charge in [0.15, 0.2) is 0 Å². The standard InChI is InChI=1S/C14H17FN2/c15-14-6-5-12(9-17-14)11-4-3-10-2-1-7-16-13(10)8-11/h5-6,8-10,13,16H,1-4,7H2/t10-,13+/m1/s1. The van der Waals surface area contributed by atoms with Gasteiger partial charge in [0.1, 0.15) is 0 Å². The Kier molecular flexibility index (Phi) is 2.93. The highest BCUT2D eigenvalue weighted by Gasteiger charge is 2.27. The molecule has 90 valence electrons. The number of nitrogens with one attached hydrogen (secondary N) is 1. The Bertz CT molecular complexity index is 424. The van der Waals surface area contributed by atoms with Crippen LogP contribution < -0.4 is 5.32 Å². The monoisotopic (exact) mass is 232 g/mol. The molecular weight excluding hydrogens is 215 g/mol. The van der Waals surface area contributed by atoms with E-state index in [0.717, 1.165) is 24.4 Å². The van der Waals surface area contributed by atoms with Crippen LogP contribution in [0.25, 0.3) is 5.57 Å². The Labute approximate surface area is 101 Å². The number of rotatable bonds is 1. The van der Waals surface area contributed by atoms with E-state index in [2.05, 4.69) is 16.4 Å². The molecule has 1 aliphatic carbocycles. The molecule has 1 saturated heterocycles. The van der Waals surface area contributed by atoms with Crippen LogP contribution in [0.2, 0.25) is 0 Å². The van der Waals surface area contributed by atoms with E-state index in [1.54, 1.807) is 6.20 Å². The number of fused-ring (bicyclic) bond motifs is 1. The molecule has 3 heteroatoms. The maximum Gasteiger partial charge on any atom is 0.212 e. The Morgan fingerprint density at radius 3 is 3.06 bits per heavy atom. The zero-order chi connectivity index (χ0) is 11.7. The van der Waals surface area contributed by atoms with Crippen LogP contribution in [0.1, 0.15) is 31.2 Å². The van der Waals surface area contributed by atoms with Crippen LogP contribution in [0, 0.1) is 11.9 Å². The van der Waals surface area contributed by atoms with Crippen molar-refractivity contribution in [3.8, 4) is 0 Å². The van der Waals surface area contributed by atoms with Gasteiger partial charge in [-0.3, -0.25) is 0 Å². The molecule has 1 aliphatic heterocycles. The summed E-state index contributed by atoms with van der Waals surface area (Å²) < 4.78 is 12.8. The minimum atomic E-state index is -0.404. The highest BCUT2D eigenvalue weighted by Crippen LogP contribution is 2.33. The molecule has 1 aromatic rings. The van der Waals surface area contributed by atoms with Gasteiger partial charge in [-0.1, -0.05) is 6.08 Å². The van der Waals surface area contributed by atoms with E-state index in [9.17, 15) is 4.39 Å². The van der Waals surface area contributed by atoms with Gasteiger partial charge in [0.25, 0.3) is 0 Å². The first kappa shape index (κ1) is 10.9. The predicted molar refractivity (Wildman–Crippen MR) is 65.9 cm³/mol. The fraction of sp³-hybridized carbons (Fsp3) is 0.500. The van der Waals surface area contributed by atoms with Crippen LogP contribution in [0.15, 0.2) is 24.4 Å². The van der Waals surface area contributed by atoms with Gasteiger partial charge in [-0.05, 0) is 61.4 Å². The quantitative estimate of drug-likeness (QED) is 0.753. The number of allylic oxidation sites excluding steroid dienone is 1. The van der Waals surface area contributed by atoms with E-state index >= 15 is 0 Å². The van der Waals surface area contributed by atoms with Gasteiger partial charge >= 0.3 is 0 Å². The molecule has 1 fully saturated rings. The van der Waals surface area contributed by atoms with E-state index in [4.69, 9.17) is 0 Å². The van der Waals surface area contributed by atoms with E-state index < -0.39 is 5.95 Å². The van der Waals surface area contributed by atoms with Crippen LogP contribution >= 0.6 is 0 Å². The SMILES string of the molecule is Fc1ccc(C2=C[C@@H]3NCCC[C@@H]3CC2)cn1. The second-order valence-corrected chi connectivity index (χ2v) is 4.98. The molecule has 1 aromatic heterocycles. The van der Waals surface area contributed by atoms with Gasteiger partial charge in [0, 0.05) is 12.2 Å². The van der Waals surface area contributed by atoms with Crippen LogP contribution in [-0.4, -0.2) is 17.6 Å². The third-order valence-corrected chi connectivity index (χ3v) is 3.90. The second-order valence-electron chi connectivity index (χ2n) is 4.98. The number of hydrogen-bond acceptors (Lipinski definition) is 2. The summed E-state index contributed by atoms with van der Waals surface area (Å²) in [7, 11) is 0. The summed E-state index contributed by atoms with van der Waals surface area (Å²) in [4.78, 5) is 3.73. The fourth-order valence-corrected chi connectivity index (χ4v) is 2.95. The zero-order valence-corrected chi connectivity index (χ0v) is 9.82. The van der Waals surface area contributed by atoms with Gasteiger partial charge in [0.05, 0.1) is 0 Å². The molecule has 2 atom stereocenters. The van der Waals surface area contributed by atoms with Crippen molar-refractivity contribution in [3.05, 3.63) is 35.9 Å². The van der Waals surface area contributed by atoms with Crippen LogP contribution in [0.4, 0.5) is 4.39 Å². The van der Waals surface area contributed by atoms with Gasteiger partial charge in [-0.15, -0.1) is 0 Å². The second kappa shape index (κ2) is 4.57. The lowest BCUT2D eigenvalue weighted by Gasteiger charge is -2.35. The van der Waals surface area contributed by atoms with Crippen LogP contribution in [0.5, 0.6) is 0 Å². The molecule has 0 unspecified atom stereocenters. The average molecular weight is 232 g/mol. The summed E-state index contributed by atoms with van der Waals surface area (Å²) >= 11 is 0. The molecule has 1 N–H and O–H groups in total. The normalized spacial score (nSPS) is 28.4. The van der Waals surface area contributed by atoms with E-state index in [1.165, 1.54) is 30.9 Å². The Hall–Kier alpha value is -1.22. The first-order valence-corrected chi connectivity index (χ1v) is 6.39. The molecule has 2 heterocycles. The Morgan fingerprint density at radius 2 is 2.24 bits per heavy atom. The smallest absolute Gasteiger partial charge is 0.212 e. The number of aromatic nitrogens is 1. The molecule has 3 rings (SSSR count). The minimum Gasteiger partial charge on any atom is -0.310 e. The topological polar surface area (TPSA) is 24.9 Å². The first-order chi connectivity index (χ1) is 8.33. The molecule has 0 spiro atoms. The highest BCUT2D eigenvalue weighted by atomic mass is 19.1. The maximum absolute atomic E-state index is 12.8. The van der Waals surface area contributed by atoms with Crippen LogP contribution in [-0.2, 0) is 0 Å². The number of piperidine rings is 1. The van der Waals surface area contributed by atoms with Crippen molar-refractivity contribution in [3.63, 3.8) is 0 Å². The molecule has 0 aromatic carbocycles. The van der Waals surface area contributed by atoms with Crippen molar-refractivity contribution in [2.45, 2.75) is 31.7 Å². The summed E-state index contributed by atoms with van der Waals surface area (Å²) in [6, 6.07) is 3.78. The van der Waals surface area contributed by atoms with Crippen molar-refractivity contribution >= 4 is 5.57 Å². The molecule has 0 radical (unpaired) electrons. The molecule has 0 amide bonds. The molecule has 2 aliphatic rings. The maximum atomic E-state index is 12.8. The zero-order valence-electron chi connectivity index (χ0n) is 9.82. The van der Waals surface area contributed by atoms with Crippen molar-refractivity contribution in [1.82, 2.24) is 10.3 Å². The summed E-state index contributed by atoms with van der Waals surface area (Å²) in [5, 5.41) is 3.56. The van der Waals surface area contributed by atoms with E-state index in [1.807, 2.05) is 6.07 Å². The molecule has 0 saturated carbocycles. The number of pyridine rings is 1. The van der Waals surface area contributed by atoms with Crippen molar-refractivity contribution in [2.75, 3.05) is 6.54 Å². The number of halogens is 1. The molecule has 2 nitrogen and oxygen atoms in total. The van der Waals surface area contributed by atoms with Crippen molar-refractivity contribution < 1.29 is 4.39 Å². The lowest BCUT2D eigenvalue weighted by molar-refractivity contribution is 0.298. The predicted octanol–water partition coefficient (Wildman–Crippen LogP) is 2.77. The van der Waals surface area contributed by atoms with Gasteiger partial charge < -0.3 is 5.32 Å². The summed E-state index contributed by atoms with van der Waals surface area (Å²) in [6.45, 7) is 1.12. The van der Waals surface area contributed by atoms with Gasteiger partial charge in [0.2, 0.25) is 5.95 Å². The summed E-state index contributed by atoms with van der Waals surface area (Å²) in [5.74, 6) is 0.389. The fourth-order valence-electron chi connectivity index (χ4n) is 2.95. The lowest BCUT2D eigenvalue weighted by atomic mass is 9.79. The third-order valence-electron chi connectivity index (χ3n) is 3.90. The molecule has 0 bridgehead atoms. The highest BCUT2D eigenvalue weighted by molar-refractivity contribution is 5.66. The Morgan fingerprint density at radius 1 is 1.29 bits per heavy atom. The Balaban J connectivity index is 1.84. The lowest BCUT2D eigenvalue weighted by Crippen LogP contribution is -2.41. The van der Waals surface area contributed by atoms with Gasteiger partial charge in [-0.2, -0.15) is 4.39 Å². The third kappa shape index (κ3) is 2.25. The number of nitrogens with zero attached hydrogens (tertiary/aromatic N) is 1.